The maximum absolute atomic E-state index is 12.6. The first kappa shape index (κ1) is 21.9. The molecule has 0 radical (unpaired) electrons. The third-order valence-electron chi connectivity index (χ3n) is 4.53. The van der Waals surface area contributed by atoms with E-state index >= 15 is 0 Å². The Hall–Kier alpha value is -2.75. The molecule has 1 aliphatic rings. The van der Waals surface area contributed by atoms with Crippen LogP contribution in [0.25, 0.3) is 0 Å². The summed E-state index contributed by atoms with van der Waals surface area (Å²) >= 11 is 1.10. The number of hydrazine groups is 1. The molecular weight excluding hydrogens is 404 g/mol. The number of ether oxygens (including phenoxy) is 2. The van der Waals surface area contributed by atoms with Crippen LogP contribution in [0.2, 0.25) is 0 Å². The molecule has 1 aromatic carbocycles. The van der Waals surface area contributed by atoms with E-state index in [-0.39, 0.29) is 11.6 Å². The van der Waals surface area contributed by atoms with Crippen LogP contribution in [0.15, 0.2) is 47.5 Å². The normalized spacial score (nSPS) is 13.4. The molecule has 1 amide bonds. The second-order valence-electron chi connectivity index (χ2n) is 7.20. The summed E-state index contributed by atoms with van der Waals surface area (Å²) in [6, 6.07) is 8.84. The van der Waals surface area contributed by atoms with Gasteiger partial charge in [-0.05, 0) is 55.6 Å². The fourth-order valence-electron chi connectivity index (χ4n) is 2.88. The van der Waals surface area contributed by atoms with E-state index in [2.05, 4.69) is 15.1 Å². The minimum atomic E-state index is -1.00. The molecule has 1 aromatic heterocycles. The molecule has 0 unspecified atom stereocenters. The molecule has 160 valence electrons. The van der Waals surface area contributed by atoms with Gasteiger partial charge in [-0.25, -0.2) is 10.4 Å². The van der Waals surface area contributed by atoms with E-state index in [4.69, 9.17) is 9.47 Å². The number of amides is 1. The first-order chi connectivity index (χ1) is 14.3. The third-order valence-corrected chi connectivity index (χ3v) is 5.35. The number of hydrogen-bond donors (Lipinski definition) is 3. The number of nitrogens with zero attached hydrogens (tertiary/aromatic N) is 2. The van der Waals surface area contributed by atoms with Crippen molar-refractivity contribution in [3.63, 3.8) is 0 Å². The highest BCUT2D eigenvalue weighted by Crippen LogP contribution is 2.32. The molecule has 2 aromatic rings. The highest BCUT2D eigenvalue weighted by molar-refractivity contribution is 7.98. The SMILES string of the molecule is COc1ccc(C(C)(C)O)cc1SNC(=O)c1ccc(CN2C=CCN2)c(OC)n1. The van der Waals surface area contributed by atoms with Crippen LogP contribution in [0.3, 0.4) is 0 Å². The number of rotatable bonds is 8. The number of methoxy groups -OCH3 is 2. The van der Waals surface area contributed by atoms with Crippen molar-refractivity contribution in [1.82, 2.24) is 20.1 Å². The number of aliphatic hydroxyl groups is 1. The first-order valence-corrected chi connectivity index (χ1v) is 10.2. The molecular formula is C21H26N4O4S. The summed E-state index contributed by atoms with van der Waals surface area (Å²) in [5, 5.41) is 12.2. The third kappa shape index (κ3) is 5.24. The first-order valence-electron chi connectivity index (χ1n) is 9.40. The van der Waals surface area contributed by atoms with Gasteiger partial charge in [0.05, 0.1) is 31.3 Å². The zero-order chi connectivity index (χ0) is 21.7. The molecule has 3 rings (SSSR count). The van der Waals surface area contributed by atoms with Gasteiger partial charge >= 0.3 is 0 Å². The van der Waals surface area contributed by atoms with Gasteiger partial charge in [-0.15, -0.1) is 0 Å². The summed E-state index contributed by atoms with van der Waals surface area (Å²) in [5.41, 5.74) is 4.00. The Kier molecular flexibility index (Phi) is 6.86. The molecule has 0 bridgehead atoms. The highest BCUT2D eigenvalue weighted by atomic mass is 32.2. The van der Waals surface area contributed by atoms with Gasteiger partial charge in [-0.2, -0.15) is 0 Å². The topological polar surface area (TPSA) is 96.0 Å². The fraction of sp³-hybridized carbons (Fsp3) is 0.333. The molecule has 30 heavy (non-hydrogen) atoms. The molecule has 0 atom stereocenters. The van der Waals surface area contributed by atoms with Crippen molar-refractivity contribution in [2.24, 2.45) is 0 Å². The van der Waals surface area contributed by atoms with Gasteiger partial charge in [-0.3, -0.25) is 9.52 Å². The van der Waals surface area contributed by atoms with Crippen molar-refractivity contribution >= 4 is 17.9 Å². The lowest BCUT2D eigenvalue weighted by Gasteiger charge is -2.20. The molecule has 8 nitrogen and oxygen atoms in total. The van der Waals surface area contributed by atoms with E-state index in [1.54, 1.807) is 45.2 Å². The predicted molar refractivity (Wildman–Crippen MR) is 115 cm³/mol. The van der Waals surface area contributed by atoms with E-state index in [1.165, 1.54) is 7.11 Å². The number of aromatic nitrogens is 1. The molecule has 0 fully saturated rings. The molecule has 0 saturated heterocycles. The predicted octanol–water partition coefficient (Wildman–Crippen LogP) is 2.60. The lowest BCUT2D eigenvalue weighted by molar-refractivity contribution is 0.0783. The van der Waals surface area contributed by atoms with Crippen LogP contribution < -0.4 is 19.6 Å². The number of benzene rings is 1. The van der Waals surface area contributed by atoms with E-state index in [9.17, 15) is 9.90 Å². The zero-order valence-corrected chi connectivity index (χ0v) is 18.2. The molecule has 0 aliphatic carbocycles. The Morgan fingerprint density at radius 3 is 2.73 bits per heavy atom. The monoisotopic (exact) mass is 430 g/mol. The van der Waals surface area contributed by atoms with Crippen LogP contribution in [-0.4, -0.2) is 41.8 Å². The van der Waals surface area contributed by atoms with Crippen LogP contribution in [0.1, 0.15) is 35.5 Å². The molecule has 0 saturated carbocycles. The maximum atomic E-state index is 12.6. The molecule has 0 spiro atoms. The van der Waals surface area contributed by atoms with Gasteiger partial charge in [0, 0.05) is 18.3 Å². The summed E-state index contributed by atoms with van der Waals surface area (Å²) in [6.45, 7) is 4.76. The van der Waals surface area contributed by atoms with Gasteiger partial charge in [0.25, 0.3) is 5.91 Å². The molecule has 3 N–H and O–H groups in total. The summed E-state index contributed by atoms with van der Waals surface area (Å²) in [4.78, 5) is 17.7. The number of carbonyl (C=O) groups excluding carboxylic acids is 1. The summed E-state index contributed by atoms with van der Waals surface area (Å²) in [7, 11) is 3.09. The average Bonchev–Trinajstić information content (AvgIpc) is 3.24. The van der Waals surface area contributed by atoms with E-state index in [0.29, 0.717) is 28.6 Å². The largest absolute Gasteiger partial charge is 0.496 e. The summed E-state index contributed by atoms with van der Waals surface area (Å²) < 4.78 is 13.5. The van der Waals surface area contributed by atoms with Crippen molar-refractivity contribution < 1.29 is 19.4 Å². The summed E-state index contributed by atoms with van der Waals surface area (Å²) in [6.07, 6.45) is 3.96. The molecule has 1 aliphatic heterocycles. The average molecular weight is 431 g/mol. The minimum Gasteiger partial charge on any atom is -0.496 e. The van der Waals surface area contributed by atoms with Gasteiger partial charge in [0.15, 0.2) is 0 Å². The van der Waals surface area contributed by atoms with Crippen LogP contribution in [0.5, 0.6) is 11.6 Å². The number of hydrogen-bond acceptors (Lipinski definition) is 8. The van der Waals surface area contributed by atoms with E-state index in [1.807, 2.05) is 23.4 Å². The minimum absolute atomic E-state index is 0.241. The van der Waals surface area contributed by atoms with Crippen molar-refractivity contribution in [3.05, 3.63) is 59.4 Å². The van der Waals surface area contributed by atoms with Crippen LogP contribution in [0, 0.1) is 0 Å². The lowest BCUT2D eigenvalue weighted by atomic mass is 9.98. The lowest BCUT2D eigenvalue weighted by Crippen LogP contribution is -2.28. The Bertz CT molecular complexity index is 943. The number of nitrogens with one attached hydrogen (secondary N) is 2. The van der Waals surface area contributed by atoms with Crippen molar-refractivity contribution in [2.75, 3.05) is 20.8 Å². The van der Waals surface area contributed by atoms with Gasteiger partial charge in [-0.1, -0.05) is 12.1 Å². The Labute approximate surface area is 180 Å². The van der Waals surface area contributed by atoms with E-state index < -0.39 is 5.60 Å². The van der Waals surface area contributed by atoms with Crippen molar-refractivity contribution in [1.29, 1.82) is 0 Å². The summed E-state index contributed by atoms with van der Waals surface area (Å²) in [5.74, 6) is 0.636. The number of pyridine rings is 1. The standard InChI is InChI=1S/C21H26N4O4S/c1-21(2,27)15-7-9-17(28-3)18(12-15)30-24-19(26)16-8-6-14(20(23-16)29-4)13-25-11-5-10-22-25/h5-9,11-12,22,27H,10,13H2,1-4H3,(H,24,26). The maximum Gasteiger partial charge on any atom is 0.280 e. The Balaban J connectivity index is 1.72. The quantitative estimate of drug-likeness (QED) is 0.550. The number of carbonyl (C=O) groups is 1. The molecule has 2 heterocycles. The van der Waals surface area contributed by atoms with Crippen LogP contribution in [-0.2, 0) is 12.1 Å². The highest BCUT2D eigenvalue weighted by Gasteiger charge is 2.19. The Morgan fingerprint density at radius 1 is 1.30 bits per heavy atom. The zero-order valence-electron chi connectivity index (χ0n) is 17.4. The van der Waals surface area contributed by atoms with Crippen LogP contribution >= 0.6 is 11.9 Å². The Morgan fingerprint density at radius 2 is 2.10 bits per heavy atom. The van der Waals surface area contributed by atoms with Crippen molar-refractivity contribution in [2.45, 2.75) is 30.9 Å². The van der Waals surface area contributed by atoms with Gasteiger partial charge in [0.1, 0.15) is 11.4 Å². The second kappa shape index (κ2) is 9.38. The van der Waals surface area contributed by atoms with Gasteiger partial charge in [0.2, 0.25) is 5.88 Å². The van der Waals surface area contributed by atoms with E-state index in [0.717, 1.165) is 24.1 Å². The van der Waals surface area contributed by atoms with Crippen molar-refractivity contribution in [3.8, 4) is 11.6 Å². The molecule has 9 heteroatoms. The fourth-order valence-corrected chi connectivity index (χ4v) is 3.62. The van der Waals surface area contributed by atoms with Crippen LogP contribution in [0.4, 0.5) is 0 Å². The smallest absolute Gasteiger partial charge is 0.280 e. The second-order valence-corrected chi connectivity index (χ2v) is 8.05. The van der Waals surface area contributed by atoms with Gasteiger partial charge < -0.3 is 19.6 Å².